The highest BCUT2D eigenvalue weighted by Crippen LogP contribution is 2.31. The Bertz CT molecular complexity index is 634. The van der Waals surface area contributed by atoms with Crippen LogP contribution in [-0.2, 0) is 4.79 Å². The summed E-state index contributed by atoms with van der Waals surface area (Å²) in [6.07, 6.45) is 5.92. The lowest BCUT2D eigenvalue weighted by molar-refractivity contribution is -0.128. The zero-order valence-electron chi connectivity index (χ0n) is 10.3. The smallest absolute Gasteiger partial charge is 0.225 e. The number of imidazole rings is 1. The standard InChI is InChI=1S/C12H14N6O/c19-9-3-7(4-18(9)8-1-2-8)17-12-10-11(14-5-13-10)15-6-16-12/h5-8H,1-4H2,(H2,13,14,15,16,17). The Labute approximate surface area is 109 Å². The lowest BCUT2D eigenvalue weighted by Gasteiger charge is -2.16. The summed E-state index contributed by atoms with van der Waals surface area (Å²) in [5.74, 6) is 0.966. The molecule has 1 amide bonds. The minimum Gasteiger partial charge on any atom is -0.363 e. The number of hydrogen-bond donors (Lipinski definition) is 2. The van der Waals surface area contributed by atoms with Crippen molar-refractivity contribution >= 4 is 22.9 Å². The molecule has 2 aromatic rings. The lowest BCUT2D eigenvalue weighted by Crippen LogP contribution is -2.30. The van der Waals surface area contributed by atoms with Crippen LogP contribution in [0.25, 0.3) is 11.2 Å². The Balaban J connectivity index is 1.55. The molecule has 1 aliphatic heterocycles. The van der Waals surface area contributed by atoms with Gasteiger partial charge in [-0.1, -0.05) is 0 Å². The van der Waals surface area contributed by atoms with Gasteiger partial charge < -0.3 is 15.2 Å². The van der Waals surface area contributed by atoms with E-state index in [1.165, 1.54) is 6.33 Å². The van der Waals surface area contributed by atoms with Crippen molar-refractivity contribution in [3.8, 4) is 0 Å². The van der Waals surface area contributed by atoms with Crippen LogP contribution in [0.15, 0.2) is 12.7 Å². The van der Waals surface area contributed by atoms with Gasteiger partial charge in [-0.05, 0) is 12.8 Å². The molecule has 2 aromatic heterocycles. The molecule has 98 valence electrons. The maximum absolute atomic E-state index is 11.9. The average Bonchev–Trinajstić information content (AvgIpc) is 3.00. The summed E-state index contributed by atoms with van der Waals surface area (Å²) >= 11 is 0. The van der Waals surface area contributed by atoms with E-state index in [-0.39, 0.29) is 11.9 Å². The van der Waals surface area contributed by atoms with Crippen LogP contribution < -0.4 is 5.32 Å². The van der Waals surface area contributed by atoms with Crippen LogP contribution in [0.3, 0.4) is 0 Å². The molecule has 0 radical (unpaired) electrons. The monoisotopic (exact) mass is 258 g/mol. The highest BCUT2D eigenvalue weighted by Gasteiger charge is 2.39. The van der Waals surface area contributed by atoms with Gasteiger partial charge in [0, 0.05) is 19.0 Å². The first kappa shape index (κ1) is 10.7. The second kappa shape index (κ2) is 3.91. The van der Waals surface area contributed by atoms with Crippen LogP contribution in [0.4, 0.5) is 5.82 Å². The molecule has 3 heterocycles. The number of amides is 1. The zero-order valence-corrected chi connectivity index (χ0v) is 10.3. The fourth-order valence-corrected chi connectivity index (χ4v) is 2.64. The molecule has 0 aromatic carbocycles. The quantitative estimate of drug-likeness (QED) is 0.838. The third-order valence-corrected chi connectivity index (χ3v) is 3.71. The molecule has 1 atom stereocenters. The fraction of sp³-hybridized carbons (Fsp3) is 0.500. The van der Waals surface area contributed by atoms with Gasteiger partial charge in [-0.25, -0.2) is 15.0 Å². The third kappa shape index (κ3) is 1.81. The van der Waals surface area contributed by atoms with Gasteiger partial charge >= 0.3 is 0 Å². The number of fused-ring (bicyclic) bond motifs is 1. The predicted octanol–water partition coefficient (Wildman–Crippen LogP) is 0.528. The van der Waals surface area contributed by atoms with Gasteiger partial charge in [-0.15, -0.1) is 0 Å². The first-order valence-corrected chi connectivity index (χ1v) is 6.51. The van der Waals surface area contributed by atoms with E-state index in [2.05, 4.69) is 25.3 Å². The zero-order chi connectivity index (χ0) is 12.8. The van der Waals surface area contributed by atoms with Gasteiger partial charge in [0.05, 0.1) is 12.4 Å². The Kier molecular flexibility index (Phi) is 2.20. The summed E-state index contributed by atoms with van der Waals surface area (Å²) in [7, 11) is 0. The number of carbonyl (C=O) groups excluding carboxylic acids is 1. The normalized spacial score (nSPS) is 23.3. The number of rotatable bonds is 3. The van der Waals surface area contributed by atoms with Crippen LogP contribution in [0, 0.1) is 0 Å². The van der Waals surface area contributed by atoms with Crippen molar-refractivity contribution in [3.05, 3.63) is 12.7 Å². The Morgan fingerprint density at radius 2 is 2.21 bits per heavy atom. The van der Waals surface area contributed by atoms with Crippen LogP contribution >= 0.6 is 0 Å². The van der Waals surface area contributed by atoms with E-state index in [1.54, 1.807) is 6.33 Å². The Hall–Kier alpha value is -2.18. The minimum atomic E-state index is 0.120. The number of likely N-dealkylation sites (tertiary alicyclic amines) is 1. The van der Waals surface area contributed by atoms with Gasteiger partial charge in [0.25, 0.3) is 0 Å². The molecule has 0 spiro atoms. The molecule has 2 fully saturated rings. The second-order valence-electron chi connectivity index (χ2n) is 5.15. The van der Waals surface area contributed by atoms with E-state index in [0.717, 1.165) is 30.7 Å². The van der Waals surface area contributed by atoms with Gasteiger partial charge in [0.1, 0.15) is 11.8 Å². The number of anilines is 1. The molecule has 7 nitrogen and oxygen atoms in total. The molecule has 1 aliphatic carbocycles. The lowest BCUT2D eigenvalue weighted by atomic mass is 10.2. The molecule has 7 heteroatoms. The van der Waals surface area contributed by atoms with Crippen LogP contribution in [0.2, 0.25) is 0 Å². The molecule has 0 bridgehead atoms. The first-order chi connectivity index (χ1) is 9.31. The van der Waals surface area contributed by atoms with Gasteiger partial charge in [-0.3, -0.25) is 4.79 Å². The maximum atomic E-state index is 11.9. The molecule has 2 N–H and O–H groups in total. The van der Waals surface area contributed by atoms with E-state index in [0.29, 0.717) is 18.1 Å². The van der Waals surface area contributed by atoms with Crippen molar-refractivity contribution in [2.75, 3.05) is 11.9 Å². The number of carbonyl (C=O) groups is 1. The summed E-state index contributed by atoms with van der Waals surface area (Å²) < 4.78 is 0. The molecule has 1 saturated heterocycles. The molecule has 4 rings (SSSR count). The van der Waals surface area contributed by atoms with Crippen molar-refractivity contribution < 1.29 is 4.79 Å². The summed E-state index contributed by atoms with van der Waals surface area (Å²) in [5, 5.41) is 3.33. The second-order valence-corrected chi connectivity index (χ2v) is 5.15. The minimum absolute atomic E-state index is 0.120. The molecule has 2 aliphatic rings. The van der Waals surface area contributed by atoms with Crippen LogP contribution in [0.1, 0.15) is 19.3 Å². The van der Waals surface area contributed by atoms with Gasteiger partial charge in [-0.2, -0.15) is 0 Å². The molecule has 1 saturated carbocycles. The van der Waals surface area contributed by atoms with Crippen LogP contribution in [-0.4, -0.2) is 49.4 Å². The first-order valence-electron chi connectivity index (χ1n) is 6.51. The average molecular weight is 258 g/mol. The van der Waals surface area contributed by atoms with E-state index >= 15 is 0 Å². The molecule has 1 unspecified atom stereocenters. The van der Waals surface area contributed by atoms with Crippen molar-refractivity contribution in [1.82, 2.24) is 24.8 Å². The number of aromatic nitrogens is 4. The number of nitrogens with zero attached hydrogens (tertiary/aromatic N) is 4. The molecular formula is C12H14N6O. The number of H-pyrrole nitrogens is 1. The highest BCUT2D eigenvalue weighted by molar-refractivity contribution is 5.84. The Morgan fingerprint density at radius 1 is 1.32 bits per heavy atom. The van der Waals surface area contributed by atoms with E-state index in [4.69, 9.17) is 0 Å². The van der Waals surface area contributed by atoms with E-state index < -0.39 is 0 Å². The van der Waals surface area contributed by atoms with Crippen molar-refractivity contribution in [2.24, 2.45) is 0 Å². The van der Waals surface area contributed by atoms with Crippen LogP contribution in [0.5, 0.6) is 0 Å². The van der Waals surface area contributed by atoms with E-state index in [1.807, 2.05) is 4.90 Å². The van der Waals surface area contributed by atoms with Gasteiger partial charge in [0.2, 0.25) is 5.91 Å². The SMILES string of the molecule is O=C1CC(Nc2ncnc3nc[nH]c23)CN1C1CC1. The third-order valence-electron chi connectivity index (χ3n) is 3.71. The molecule has 19 heavy (non-hydrogen) atoms. The fourth-order valence-electron chi connectivity index (χ4n) is 2.64. The number of aromatic amines is 1. The van der Waals surface area contributed by atoms with Gasteiger partial charge in [0.15, 0.2) is 11.5 Å². The topological polar surface area (TPSA) is 86.8 Å². The number of nitrogens with one attached hydrogen (secondary N) is 2. The summed E-state index contributed by atoms with van der Waals surface area (Å²) in [5.41, 5.74) is 1.43. The van der Waals surface area contributed by atoms with Crippen molar-refractivity contribution in [3.63, 3.8) is 0 Å². The van der Waals surface area contributed by atoms with E-state index in [9.17, 15) is 4.79 Å². The molecular weight excluding hydrogens is 244 g/mol. The maximum Gasteiger partial charge on any atom is 0.225 e. The summed E-state index contributed by atoms with van der Waals surface area (Å²) in [4.78, 5) is 29.3. The van der Waals surface area contributed by atoms with Crippen molar-refractivity contribution in [1.29, 1.82) is 0 Å². The summed E-state index contributed by atoms with van der Waals surface area (Å²) in [6.45, 7) is 0.767. The number of hydrogen-bond acceptors (Lipinski definition) is 5. The predicted molar refractivity (Wildman–Crippen MR) is 68.4 cm³/mol. The summed E-state index contributed by atoms with van der Waals surface area (Å²) in [6, 6.07) is 0.603. The largest absolute Gasteiger partial charge is 0.363 e. The Morgan fingerprint density at radius 3 is 3.05 bits per heavy atom. The highest BCUT2D eigenvalue weighted by atomic mass is 16.2. The van der Waals surface area contributed by atoms with Crippen molar-refractivity contribution in [2.45, 2.75) is 31.3 Å².